The van der Waals surface area contributed by atoms with Crippen molar-refractivity contribution in [2.24, 2.45) is 5.41 Å². The summed E-state index contributed by atoms with van der Waals surface area (Å²) < 4.78 is 0. The molecule has 2 N–H and O–H groups in total. The van der Waals surface area contributed by atoms with Crippen molar-refractivity contribution >= 4 is 16.7 Å². The second-order valence-electron chi connectivity index (χ2n) is 6.89. The molecule has 4 nitrogen and oxygen atoms in total. The average molecular weight is 300 g/mol. The van der Waals surface area contributed by atoms with Crippen LogP contribution in [0.25, 0.3) is 10.8 Å². The third-order valence-electron chi connectivity index (χ3n) is 3.79. The van der Waals surface area contributed by atoms with Crippen LogP contribution in [0.2, 0.25) is 0 Å². The first kappa shape index (κ1) is 16.4. The number of hydrogen-bond acceptors (Lipinski definition) is 3. The molecule has 0 amide bonds. The van der Waals surface area contributed by atoms with E-state index in [9.17, 15) is 9.90 Å². The van der Waals surface area contributed by atoms with E-state index in [-0.39, 0.29) is 5.41 Å². The molecule has 0 fully saturated rings. The van der Waals surface area contributed by atoms with Crippen LogP contribution in [0.4, 0.5) is 0 Å². The Labute approximate surface area is 131 Å². The van der Waals surface area contributed by atoms with E-state index in [1.807, 2.05) is 30.5 Å². The van der Waals surface area contributed by atoms with Crippen molar-refractivity contribution in [3.05, 3.63) is 42.2 Å². The van der Waals surface area contributed by atoms with Crippen LogP contribution in [-0.4, -0.2) is 22.1 Å². The van der Waals surface area contributed by atoms with Crippen LogP contribution in [0.5, 0.6) is 0 Å². The van der Waals surface area contributed by atoms with Gasteiger partial charge in [-0.05, 0) is 35.3 Å². The van der Waals surface area contributed by atoms with Gasteiger partial charge in [0.1, 0.15) is 6.04 Å². The summed E-state index contributed by atoms with van der Waals surface area (Å²) >= 11 is 0. The standard InChI is InChI=1S/C18H24N2O2/c1-18(2,3)9-7-16(17(21)22)20-11-14-6-4-5-13-8-10-19-12-15(13)14/h4-6,8,10,12,16,20H,7,9,11H2,1-3H3,(H,21,22). The van der Waals surface area contributed by atoms with Gasteiger partial charge in [0, 0.05) is 24.3 Å². The molecule has 0 bridgehead atoms. The molecule has 0 aliphatic carbocycles. The molecule has 0 saturated heterocycles. The zero-order chi connectivity index (χ0) is 16.2. The summed E-state index contributed by atoms with van der Waals surface area (Å²) in [5.41, 5.74) is 1.21. The minimum absolute atomic E-state index is 0.138. The Balaban J connectivity index is 2.06. The van der Waals surface area contributed by atoms with Crippen molar-refractivity contribution in [2.45, 2.75) is 46.2 Å². The molecule has 4 heteroatoms. The lowest BCUT2D eigenvalue weighted by Gasteiger charge is -2.22. The Morgan fingerprint density at radius 1 is 1.32 bits per heavy atom. The van der Waals surface area contributed by atoms with E-state index in [2.05, 4.69) is 31.1 Å². The number of nitrogens with one attached hydrogen (secondary N) is 1. The summed E-state index contributed by atoms with van der Waals surface area (Å²) in [6, 6.07) is 7.48. The maximum absolute atomic E-state index is 11.4. The number of carboxylic acids is 1. The number of rotatable bonds is 6. The van der Waals surface area contributed by atoms with Gasteiger partial charge in [0.05, 0.1) is 0 Å². The molecule has 2 rings (SSSR count). The van der Waals surface area contributed by atoms with Crippen molar-refractivity contribution < 1.29 is 9.90 Å². The van der Waals surface area contributed by atoms with Crippen molar-refractivity contribution in [3.63, 3.8) is 0 Å². The number of aromatic nitrogens is 1. The quantitative estimate of drug-likeness (QED) is 0.855. The average Bonchev–Trinajstić information content (AvgIpc) is 2.45. The molecule has 1 aromatic carbocycles. The maximum Gasteiger partial charge on any atom is 0.320 e. The number of hydrogen-bond donors (Lipinski definition) is 2. The SMILES string of the molecule is CC(C)(C)CCC(NCc1cccc2ccncc12)C(=O)O. The fraction of sp³-hybridized carbons (Fsp3) is 0.444. The van der Waals surface area contributed by atoms with Crippen LogP contribution in [0.15, 0.2) is 36.7 Å². The number of aliphatic carboxylic acids is 1. The zero-order valence-electron chi connectivity index (χ0n) is 13.5. The third kappa shape index (κ3) is 4.53. The van der Waals surface area contributed by atoms with Crippen LogP contribution < -0.4 is 5.32 Å². The van der Waals surface area contributed by atoms with Crippen molar-refractivity contribution in [1.29, 1.82) is 0 Å². The monoisotopic (exact) mass is 300 g/mol. The summed E-state index contributed by atoms with van der Waals surface area (Å²) in [5.74, 6) is -0.789. The van der Waals surface area contributed by atoms with Gasteiger partial charge >= 0.3 is 5.97 Å². The molecule has 1 aromatic heterocycles. The number of pyridine rings is 1. The van der Waals surface area contributed by atoms with Crippen LogP contribution in [0.3, 0.4) is 0 Å². The molecular formula is C18H24N2O2. The number of benzene rings is 1. The van der Waals surface area contributed by atoms with Gasteiger partial charge in [0.15, 0.2) is 0 Å². The van der Waals surface area contributed by atoms with Crippen LogP contribution in [0, 0.1) is 5.41 Å². The Morgan fingerprint density at radius 3 is 2.77 bits per heavy atom. The van der Waals surface area contributed by atoms with E-state index in [1.165, 1.54) is 0 Å². The molecule has 0 aliphatic rings. The fourth-order valence-corrected chi connectivity index (χ4v) is 2.45. The fourth-order valence-electron chi connectivity index (χ4n) is 2.45. The highest BCUT2D eigenvalue weighted by Crippen LogP contribution is 2.22. The highest BCUT2D eigenvalue weighted by atomic mass is 16.4. The molecule has 1 heterocycles. The summed E-state index contributed by atoms with van der Waals surface area (Å²) in [6.45, 7) is 6.91. The molecule has 118 valence electrons. The molecular weight excluding hydrogens is 276 g/mol. The predicted molar refractivity (Wildman–Crippen MR) is 88.7 cm³/mol. The summed E-state index contributed by atoms with van der Waals surface area (Å²) in [7, 11) is 0. The Kier molecular flexibility index (Phi) is 5.14. The molecule has 1 unspecified atom stereocenters. The Bertz CT molecular complexity index is 642. The Morgan fingerprint density at radius 2 is 2.09 bits per heavy atom. The first-order chi connectivity index (χ1) is 10.4. The predicted octanol–water partition coefficient (Wildman–Crippen LogP) is 3.60. The first-order valence-corrected chi connectivity index (χ1v) is 7.65. The number of fused-ring (bicyclic) bond motifs is 1. The third-order valence-corrected chi connectivity index (χ3v) is 3.79. The van der Waals surface area contributed by atoms with E-state index >= 15 is 0 Å². The minimum Gasteiger partial charge on any atom is -0.480 e. The van der Waals surface area contributed by atoms with Gasteiger partial charge in [0.25, 0.3) is 0 Å². The van der Waals surface area contributed by atoms with Crippen LogP contribution in [-0.2, 0) is 11.3 Å². The van der Waals surface area contributed by atoms with Crippen molar-refractivity contribution in [1.82, 2.24) is 10.3 Å². The molecule has 0 radical (unpaired) electrons. The molecule has 0 spiro atoms. The summed E-state index contributed by atoms with van der Waals surface area (Å²) in [5, 5.41) is 14.7. The van der Waals surface area contributed by atoms with Gasteiger partial charge in [-0.25, -0.2) is 0 Å². The first-order valence-electron chi connectivity index (χ1n) is 7.65. The van der Waals surface area contributed by atoms with E-state index in [1.54, 1.807) is 6.20 Å². The molecule has 0 aliphatic heterocycles. The Hall–Kier alpha value is -1.94. The van der Waals surface area contributed by atoms with E-state index < -0.39 is 12.0 Å². The highest BCUT2D eigenvalue weighted by Gasteiger charge is 2.20. The normalized spacial score (nSPS) is 13.2. The summed E-state index contributed by atoms with van der Waals surface area (Å²) in [4.78, 5) is 15.6. The topological polar surface area (TPSA) is 62.2 Å². The zero-order valence-corrected chi connectivity index (χ0v) is 13.5. The lowest BCUT2D eigenvalue weighted by molar-refractivity contribution is -0.139. The van der Waals surface area contributed by atoms with E-state index in [4.69, 9.17) is 0 Å². The lowest BCUT2D eigenvalue weighted by Crippen LogP contribution is -2.37. The van der Waals surface area contributed by atoms with Crippen molar-refractivity contribution in [2.75, 3.05) is 0 Å². The molecule has 22 heavy (non-hydrogen) atoms. The second kappa shape index (κ2) is 6.88. The van der Waals surface area contributed by atoms with Gasteiger partial charge < -0.3 is 10.4 Å². The van der Waals surface area contributed by atoms with Gasteiger partial charge in [-0.15, -0.1) is 0 Å². The molecule has 0 saturated carbocycles. The number of carboxylic acid groups (broad SMARTS) is 1. The lowest BCUT2D eigenvalue weighted by atomic mass is 9.88. The van der Waals surface area contributed by atoms with Gasteiger partial charge in [-0.3, -0.25) is 9.78 Å². The maximum atomic E-state index is 11.4. The molecule has 1 atom stereocenters. The second-order valence-corrected chi connectivity index (χ2v) is 6.89. The largest absolute Gasteiger partial charge is 0.480 e. The van der Waals surface area contributed by atoms with Gasteiger partial charge in [-0.2, -0.15) is 0 Å². The van der Waals surface area contributed by atoms with E-state index in [0.29, 0.717) is 13.0 Å². The van der Waals surface area contributed by atoms with E-state index in [0.717, 1.165) is 22.8 Å². The van der Waals surface area contributed by atoms with Crippen LogP contribution in [0.1, 0.15) is 39.2 Å². The minimum atomic E-state index is -0.789. The smallest absolute Gasteiger partial charge is 0.320 e. The molecule has 2 aromatic rings. The summed E-state index contributed by atoms with van der Waals surface area (Å²) in [6.07, 6.45) is 5.09. The van der Waals surface area contributed by atoms with Gasteiger partial charge in [-0.1, -0.05) is 39.0 Å². The number of nitrogens with zero attached hydrogens (tertiary/aromatic N) is 1. The van der Waals surface area contributed by atoms with Crippen LogP contribution >= 0.6 is 0 Å². The highest BCUT2D eigenvalue weighted by molar-refractivity contribution is 5.84. The number of carbonyl (C=O) groups is 1. The van der Waals surface area contributed by atoms with Crippen molar-refractivity contribution in [3.8, 4) is 0 Å². The van der Waals surface area contributed by atoms with Gasteiger partial charge in [0.2, 0.25) is 0 Å².